The number of halogens is 7. The molecule has 1 unspecified atom stereocenters. The molecular formula is C24H16ClF6NO. The van der Waals surface area contributed by atoms with Crippen LogP contribution in [-0.2, 0) is 18.8 Å². The van der Waals surface area contributed by atoms with Crippen molar-refractivity contribution in [2.24, 2.45) is 0 Å². The highest BCUT2D eigenvalue weighted by Crippen LogP contribution is 2.41. The molecule has 1 aliphatic heterocycles. The Kier molecular flexibility index (Phi) is 5.90. The molecule has 1 aliphatic rings. The van der Waals surface area contributed by atoms with Crippen molar-refractivity contribution in [1.82, 2.24) is 4.90 Å². The number of alkyl halides is 6. The Morgan fingerprint density at radius 1 is 0.818 bits per heavy atom. The quantitative estimate of drug-likeness (QED) is 0.354. The Labute approximate surface area is 190 Å². The van der Waals surface area contributed by atoms with Crippen LogP contribution in [0.4, 0.5) is 26.3 Å². The van der Waals surface area contributed by atoms with Gasteiger partial charge in [0.05, 0.1) is 17.2 Å². The summed E-state index contributed by atoms with van der Waals surface area (Å²) in [5.74, 6) is -0.939. The maximum absolute atomic E-state index is 13.4. The molecule has 172 valence electrons. The van der Waals surface area contributed by atoms with Gasteiger partial charge in [0.25, 0.3) is 5.91 Å². The van der Waals surface area contributed by atoms with Gasteiger partial charge in [0.1, 0.15) is 0 Å². The van der Waals surface area contributed by atoms with Crippen molar-refractivity contribution in [3.63, 3.8) is 0 Å². The van der Waals surface area contributed by atoms with E-state index in [1.807, 2.05) is 12.1 Å². The first-order chi connectivity index (χ1) is 15.5. The number of benzene rings is 3. The van der Waals surface area contributed by atoms with Gasteiger partial charge in [0.15, 0.2) is 0 Å². The standard InChI is InChI=1S/C24H16ClF6NO/c25-20-8-4-3-7-19(20)21-18-6-2-1-5-14(18)9-10-32(21)22(33)15-11-16(23(26,27)28)13-17(12-15)24(29,30)31/h1-8,11-13,21H,9-10H2. The fourth-order valence-corrected chi connectivity index (χ4v) is 4.30. The van der Waals surface area contributed by atoms with Crippen molar-refractivity contribution in [2.45, 2.75) is 24.8 Å². The van der Waals surface area contributed by atoms with Crippen LogP contribution in [0.15, 0.2) is 66.7 Å². The molecule has 4 rings (SSSR count). The predicted octanol–water partition coefficient (Wildman–Crippen LogP) is 7.17. The molecular weight excluding hydrogens is 468 g/mol. The summed E-state index contributed by atoms with van der Waals surface area (Å²) < 4.78 is 79.9. The van der Waals surface area contributed by atoms with Gasteiger partial charge in [-0.3, -0.25) is 4.79 Å². The van der Waals surface area contributed by atoms with Gasteiger partial charge in [-0.25, -0.2) is 0 Å². The van der Waals surface area contributed by atoms with Crippen LogP contribution in [0.2, 0.25) is 5.02 Å². The molecule has 1 heterocycles. The average molecular weight is 484 g/mol. The Morgan fingerprint density at radius 2 is 1.36 bits per heavy atom. The molecule has 0 spiro atoms. The molecule has 33 heavy (non-hydrogen) atoms. The van der Waals surface area contributed by atoms with Crippen molar-refractivity contribution >= 4 is 17.5 Å². The fraction of sp³-hybridized carbons (Fsp3) is 0.208. The van der Waals surface area contributed by atoms with Gasteiger partial charge in [-0.1, -0.05) is 54.1 Å². The highest BCUT2D eigenvalue weighted by atomic mass is 35.5. The van der Waals surface area contributed by atoms with E-state index in [0.717, 1.165) is 5.56 Å². The van der Waals surface area contributed by atoms with E-state index in [0.29, 0.717) is 34.7 Å². The van der Waals surface area contributed by atoms with Gasteiger partial charge in [0, 0.05) is 17.1 Å². The van der Waals surface area contributed by atoms with Gasteiger partial charge in [0.2, 0.25) is 0 Å². The number of fused-ring (bicyclic) bond motifs is 1. The minimum atomic E-state index is -5.05. The second-order valence-electron chi connectivity index (χ2n) is 7.67. The van der Waals surface area contributed by atoms with Crippen LogP contribution in [0.3, 0.4) is 0 Å². The molecule has 0 saturated heterocycles. The lowest BCUT2D eigenvalue weighted by Crippen LogP contribution is -2.41. The number of carbonyl (C=O) groups is 1. The van der Waals surface area contributed by atoms with Gasteiger partial charge in [-0.2, -0.15) is 26.3 Å². The largest absolute Gasteiger partial charge is 0.416 e. The molecule has 1 atom stereocenters. The highest BCUT2D eigenvalue weighted by molar-refractivity contribution is 6.31. The second-order valence-corrected chi connectivity index (χ2v) is 8.07. The molecule has 0 aliphatic carbocycles. The smallest absolute Gasteiger partial charge is 0.327 e. The second kappa shape index (κ2) is 8.41. The molecule has 1 amide bonds. The van der Waals surface area contributed by atoms with Crippen LogP contribution in [0, 0.1) is 0 Å². The number of carbonyl (C=O) groups excluding carboxylic acids is 1. The van der Waals surface area contributed by atoms with Crippen LogP contribution in [0.25, 0.3) is 0 Å². The van der Waals surface area contributed by atoms with Crippen molar-refractivity contribution < 1.29 is 31.1 Å². The normalized spacial score (nSPS) is 16.5. The summed E-state index contributed by atoms with van der Waals surface area (Å²) in [6, 6.07) is 14.1. The van der Waals surface area contributed by atoms with Gasteiger partial charge < -0.3 is 4.90 Å². The third-order valence-corrected chi connectivity index (χ3v) is 5.92. The van der Waals surface area contributed by atoms with Crippen molar-refractivity contribution in [3.05, 3.63) is 105 Å². The molecule has 0 saturated carbocycles. The number of hydrogen-bond acceptors (Lipinski definition) is 1. The Bertz CT molecular complexity index is 1170. The molecule has 2 nitrogen and oxygen atoms in total. The van der Waals surface area contributed by atoms with Crippen molar-refractivity contribution in [1.29, 1.82) is 0 Å². The summed E-state index contributed by atoms with van der Waals surface area (Å²) in [7, 11) is 0. The first kappa shape index (κ1) is 23.2. The predicted molar refractivity (Wildman–Crippen MR) is 111 cm³/mol. The summed E-state index contributed by atoms with van der Waals surface area (Å²) >= 11 is 6.37. The van der Waals surface area contributed by atoms with Crippen LogP contribution >= 0.6 is 11.6 Å². The van der Waals surface area contributed by atoms with Crippen LogP contribution < -0.4 is 0 Å². The molecule has 9 heteroatoms. The third kappa shape index (κ3) is 4.57. The minimum absolute atomic E-state index is 0.00777. The summed E-state index contributed by atoms with van der Waals surface area (Å²) in [6.07, 6.45) is -9.70. The molecule has 0 bridgehead atoms. The number of nitrogens with zero attached hydrogens (tertiary/aromatic N) is 1. The maximum Gasteiger partial charge on any atom is 0.416 e. The first-order valence-electron chi connectivity index (χ1n) is 9.89. The zero-order valence-corrected chi connectivity index (χ0v) is 17.6. The van der Waals surface area contributed by atoms with Gasteiger partial charge >= 0.3 is 12.4 Å². The molecule has 0 radical (unpaired) electrons. The summed E-state index contributed by atoms with van der Waals surface area (Å²) in [5.41, 5.74) is -1.59. The number of rotatable bonds is 2. The summed E-state index contributed by atoms with van der Waals surface area (Å²) in [5, 5.41) is 0.331. The van der Waals surface area contributed by atoms with E-state index >= 15 is 0 Å². The topological polar surface area (TPSA) is 20.3 Å². The average Bonchev–Trinajstić information content (AvgIpc) is 2.77. The maximum atomic E-state index is 13.4. The summed E-state index contributed by atoms with van der Waals surface area (Å²) in [6.45, 7) is 0.101. The third-order valence-electron chi connectivity index (χ3n) is 5.58. The Hall–Kier alpha value is -3.00. The molecule has 0 fully saturated rings. The van der Waals surface area contributed by atoms with Crippen LogP contribution in [0.1, 0.15) is 44.2 Å². The van der Waals surface area contributed by atoms with E-state index in [1.54, 1.807) is 36.4 Å². The highest BCUT2D eigenvalue weighted by Gasteiger charge is 2.39. The van der Waals surface area contributed by atoms with E-state index in [9.17, 15) is 31.1 Å². The Morgan fingerprint density at radius 3 is 1.94 bits per heavy atom. The zero-order chi connectivity index (χ0) is 24.0. The lowest BCUT2D eigenvalue weighted by Gasteiger charge is -2.38. The monoisotopic (exact) mass is 483 g/mol. The fourth-order valence-electron chi connectivity index (χ4n) is 4.06. The van der Waals surface area contributed by atoms with Gasteiger partial charge in [-0.05, 0) is 47.4 Å². The van der Waals surface area contributed by atoms with Crippen molar-refractivity contribution in [3.8, 4) is 0 Å². The van der Waals surface area contributed by atoms with E-state index < -0.39 is 41.0 Å². The van der Waals surface area contributed by atoms with E-state index in [-0.39, 0.29) is 12.6 Å². The van der Waals surface area contributed by atoms with E-state index in [1.165, 1.54) is 4.90 Å². The lowest BCUT2D eigenvalue weighted by molar-refractivity contribution is -0.143. The minimum Gasteiger partial charge on any atom is -0.327 e. The van der Waals surface area contributed by atoms with E-state index in [4.69, 9.17) is 11.6 Å². The van der Waals surface area contributed by atoms with Crippen molar-refractivity contribution in [2.75, 3.05) is 6.54 Å². The molecule has 3 aromatic rings. The Balaban J connectivity index is 1.86. The zero-order valence-electron chi connectivity index (χ0n) is 16.8. The molecule has 0 N–H and O–H groups in total. The SMILES string of the molecule is O=C(c1cc(C(F)(F)F)cc(C(F)(F)F)c1)N1CCc2ccccc2C1c1ccccc1Cl. The van der Waals surface area contributed by atoms with Crippen LogP contribution in [0.5, 0.6) is 0 Å². The molecule has 3 aromatic carbocycles. The first-order valence-corrected chi connectivity index (χ1v) is 10.3. The van der Waals surface area contributed by atoms with Gasteiger partial charge in [-0.15, -0.1) is 0 Å². The molecule has 0 aromatic heterocycles. The summed E-state index contributed by atoms with van der Waals surface area (Å²) in [4.78, 5) is 14.7. The lowest BCUT2D eigenvalue weighted by atomic mass is 9.87. The van der Waals surface area contributed by atoms with Crippen LogP contribution in [-0.4, -0.2) is 17.4 Å². The number of amides is 1. The number of hydrogen-bond donors (Lipinski definition) is 0. The van der Waals surface area contributed by atoms with E-state index in [2.05, 4.69) is 0 Å².